The van der Waals surface area contributed by atoms with E-state index in [0.29, 0.717) is 22.9 Å². The lowest BCUT2D eigenvalue weighted by molar-refractivity contribution is 0.0950. The van der Waals surface area contributed by atoms with E-state index in [1.54, 1.807) is 30.3 Å². The molecular formula is C17H15IN2O2. The molecule has 1 saturated carbocycles. The number of nitrogens with one attached hydrogen (secondary N) is 2. The van der Waals surface area contributed by atoms with Crippen LogP contribution in [0.2, 0.25) is 0 Å². The van der Waals surface area contributed by atoms with E-state index in [9.17, 15) is 9.59 Å². The first kappa shape index (κ1) is 15.0. The van der Waals surface area contributed by atoms with Crippen molar-refractivity contribution in [3.8, 4) is 0 Å². The van der Waals surface area contributed by atoms with E-state index in [1.165, 1.54) is 0 Å². The van der Waals surface area contributed by atoms with E-state index in [-0.39, 0.29) is 11.8 Å². The van der Waals surface area contributed by atoms with Crippen molar-refractivity contribution in [2.75, 3.05) is 5.32 Å². The Morgan fingerprint density at radius 3 is 2.27 bits per heavy atom. The third kappa shape index (κ3) is 3.65. The standard InChI is InChI=1S/C17H15IN2O2/c18-15-4-2-1-3-14(15)17(22)20-12-7-5-11(6-8-12)16(21)19-13-9-10-13/h1-8,13H,9-10H2,(H,19,21)(H,20,22). The van der Waals surface area contributed by atoms with Gasteiger partial charge >= 0.3 is 0 Å². The zero-order valence-electron chi connectivity index (χ0n) is 11.8. The molecule has 2 N–H and O–H groups in total. The zero-order chi connectivity index (χ0) is 15.5. The van der Waals surface area contributed by atoms with Crippen LogP contribution in [0.4, 0.5) is 5.69 Å². The first-order valence-electron chi connectivity index (χ1n) is 7.10. The van der Waals surface area contributed by atoms with Gasteiger partial charge in [0.1, 0.15) is 0 Å². The molecule has 2 aromatic rings. The molecule has 0 heterocycles. The maximum Gasteiger partial charge on any atom is 0.256 e. The quantitative estimate of drug-likeness (QED) is 0.765. The van der Waals surface area contributed by atoms with Gasteiger partial charge in [0, 0.05) is 20.9 Å². The second-order valence-corrected chi connectivity index (χ2v) is 6.42. The highest BCUT2D eigenvalue weighted by atomic mass is 127. The van der Waals surface area contributed by atoms with Crippen LogP contribution in [0.25, 0.3) is 0 Å². The van der Waals surface area contributed by atoms with Gasteiger partial charge in [-0.05, 0) is 71.8 Å². The first-order valence-corrected chi connectivity index (χ1v) is 8.18. The third-order valence-electron chi connectivity index (χ3n) is 3.44. The summed E-state index contributed by atoms with van der Waals surface area (Å²) in [6.07, 6.45) is 2.13. The van der Waals surface area contributed by atoms with E-state index in [1.807, 2.05) is 18.2 Å². The van der Waals surface area contributed by atoms with E-state index in [0.717, 1.165) is 16.4 Å². The van der Waals surface area contributed by atoms with Gasteiger partial charge in [0.15, 0.2) is 0 Å². The van der Waals surface area contributed by atoms with Crippen LogP contribution < -0.4 is 10.6 Å². The maximum absolute atomic E-state index is 12.2. The highest BCUT2D eigenvalue weighted by Crippen LogP contribution is 2.20. The van der Waals surface area contributed by atoms with E-state index in [4.69, 9.17) is 0 Å². The molecule has 0 radical (unpaired) electrons. The molecule has 0 atom stereocenters. The van der Waals surface area contributed by atoms with Gasteiger partial charge in [-0.25, -0.2) is 0 Å². The molecule has 22 heavy (non-hydrogen) atoms. The Bertz CT molecular complexity index is 709. The number of anilines is 1. The fourth-order valence-electron chi connectivity index (χ4n) is 2.05. The first-order chi connectivity index (χ1) is 10.6. The van der Waals surface area contributed by atoms with Crippen LogP contribution in [0.3, 0.4) is 0 Å². The van der Waals surface area contributed by atoms with Gasteiger partial charge < -0.3 is 10.6 Å². The fraction of sp³-hybridized carbons (Fsp3) is 0.176. The van der Waals surface area contributed by atoms with Crippen LogP contribution in [0.15, 0.2) is 48.5 Å². The maximum atomic E-state index is 12.2. The predicted molar refractivity (Wildman–Crippen MR) is 94.0 cm³/mol. The smallest absolute Gasteiger partial charge is 0.256 e. The van der Waals surface area contributed by atoms with Crippen LogP contribution in [0, 0.1) is 3.57 Å². The Balaban J connectivity index is 1.66. The molecule has 4 nitrogen and oxygen atoms in total. The van der Waals surface area contributed by atoms with E-state index < -0.39 is 0 Å². The molecule has 0 aromatic heterocycles. The van der Waals surface area contributed by atoms with Gasteiger partial charge in [-0.3, -0.25) is 9.59 Å². The van der Waals surface area contributed by atoms with Crippen LogP contribution in [-0.2, 0) is 0 Å². The van der Waals surface area contributed by atoms with Crippen molar-refractivity contribution in [2.45, 2.75) is 18.9 Å². The molecule has 1 aliphatic rings. The SMILES string of the molecule is O=C(NC1CC1)c1ccc(NC(=O)c2ccccc2I)cc1. The Morgan fingerprint density at radius 1 is 0.955 bits per heavy atom. The molecule has 0 unspecified atom stereocenters. The summed E-state index contributed by atoms with van der Waals surface area (Å²) in [5, 5.41) is 5.78. The van der Waals surface area contributed by atoms with Gasteiger partial charge in [0.25, 0.3) is 11.8 Å². The van der Waals surface area contributed by atoms with Crippen LogP contribution in [0.1, 0.15) is 33.6 Å². The van der Waals surface area contributed by atoms with Gasteiger partial charge in [0.05, 0.1) is 5.56 Å². The molecule has 0 aliphatic heterocycles. The molecule has 5 heteroatoms. The summed E-state index contributed by atoms with van der Waals surface area (Å²) >= 11 is 2.14. The summed E-state index contributed by atoms with van der Waals surface area (Å²) in [7, 11) is 0. The summed E-state index contributed by atoms with van der Waals surface area (Å²) in [6, 6.07) is 14.7. The van der Waals surface area contributed by atoms with Crippen LogP contribution in [-0.4, -0.2) is 17.9 Å². The number of halogens is 1. The molecule has 112 valence electrons. The average molecular weight is 406 g/mol. The van der Waals surface area contributed by atoms with Crippen molar-refractivity contribution in [2.24, 2.45) is 0 Å². The number of hydrogen-bond donors (Lipinski definition) is 2. The minimum absolute atomic E-state index is 0.0574. The number of amides is 2. The number of carbonyl (C=O) groups is 2. The third-order valence-corrected chi connectivity index (χ3v) is 4.38. The van der Waals surface area contributed by atoms with Crippen LogP contribution in [0.5, 0.6) is 0 Å². The van der Waals surface area contributed by atoms with Gasteiger partial charge in [-0.1, -0.05) is 12.1 Å². The highest BCUT2D eigenvalue weighted by Gasteiger charge is 2.23. The lowest BCUT2D eigenvalue weighted by Crippen LogP contribution is -2.25. The summed E-state index contributed by atoms with van der Waals surface area (Å²) in [4.78, 5) is 24.1. The predicted octanol–water partition coefficient (Wildman–Crippen LogP) is 3.44. The van der Waals surface area contributed by atoms with E-state index >= 15 is 0 Å². The summed E-state index contributed by atoms with van der Waals surface area (Å²) in [5.74, 6) is -0.210. The molecule has 0 saturated heterocycles. The lowest BCUT2D eigenvalue weighted by Gasteiger charge is -2.08. The van der Waals surface area contributed by atoms with Gasteiger partial charge in [-0.2, -0.15) is 0 Å². The number of benzene rings is 2. The lowest BCUT2D eigenvalue weighted by atomic mass is 10.1. The second-order valence-electron chi connectivity index (χ2n) is 5.26. The number of carbonyl (C=O) groups excluding carboxylic acids is 2. The zero-order valence-corrected chi connectivity index (χ0v) is 14.0. The Morgan fingerprint density at radius 2 is 1.64 bits per heavy atom. The van der Waals surface area contributed by atoms with Crippen LogP contribution >= 0.6 is 22.6 Å². The minimum atomic E-state index is -0.153. The van der Waals surface area contributed by atoms with Gasteiger partial charge in [0.2, 0.25) is 0 Å². The Hall–Kier alpha value is -1.89. The minimum Gasteiger partial charge on any atom is -0.349 e. The normalized spacial score (nSPS) is 13.5. The highest BCUT2D eigenvalue weighted by molar-refractivity contribution is 14.1. The van der Waals surface area contributed by atoms with Crippen molar-refractivity contribution in [3.63, 3.8) is 0 Å². The summed E-state index contributed by atoms with van der Waals surface area (Å²) in [6.45, 7) is 0. The molecule has 0 bridgehead atoms. The average Bonchev–Trinajstić information content (AvgIpc) is 3.32. The number of hydrogen-bond acceptors (Lipinski definition) is 2. The second kappa shape index (κ2) is 6.48. The van der Waals surface area contributed by atoms with Crippen molar-refractivity contribution in [1.82, 2.24) is 5.32 Å². The molecular weight excluding hydrogens is 391 g/mol. The molecule has 1 aliphatic carbocycles. The monoisotopic (exact) mass is 406 g/mol. The van der Waals surface area contributed by atoms with E-state index in [2.05, 4.69) is 33.2 Å². The summed E-state index contributed by atoms with van der Waals surface area (Å²) in [5.41, 5.74) is 1.92. The topological polar surface area (TPSA) is 58.2 Å². The van der Waals surface area contributed by atoms with Crippen molar-refractivity contribution in [1.29, 1.82) is 0 Å². The fourth-order valence-corrected chi connectivity index (χ4v) is 2.68. The largest absolute Gasteiger partial charge is 0.349 e. The molecule has 1 fully saturated rings. The molecule has 3 rings (SSSR count). The van der Waals surface area contributed by atoms with Crippen molar-refractivity contribution >= 4 is 40.1 Å². The molecule has 0 spiro atoms. The summed E-state index contributed by atoms with van der Waals surface area (Å²) < 4.78 is 0.901. The Kier molecular flexibility index (Phi) is 4.42. The van der Waals surface area contributed by atoms with Crippen molar-refractivity contribution < 1.29 is 9.59 Å². The Labute approximate surface area is 142 Å². The van der Waals surface area contributed by atoms with Gasteiger partial charge in [-0.15, -0.1) is 0 Å². The molecule has 2 amide bonds. The van der Waals surface area contributed by atoms with Crippen molar-refractivity contribution in [3.05, 3.63) is 63.2 Å². The number of rotatable bonds is 4. The molecule has 2 aromatic carbocycles.